The van der Waals surface area contributed by atoms with Gasteiger partial charge in [0.2, 0.25) is 5.95 Å². The van der Waals surface area contributed by atoms with Crippen molar-refractivity contribution >= 4 is 17.3 Å². The lowest BCUT2D eigenvalue weighted by Crippen LogP contribution is -2.36. The third kappa shape index (κ3) is 4.48. The first kappa shape index (κ1) is 19.2. The number of hydrogen-bond donors (Lipinski definition) is 1. The molecular formula is C21H19F3N4O. The zero-order valence-corrected chi connectivity index (χ0v) is 15.5. The molecule has 4 rings (SSSR count). The topological polar surface area (TPSA) is 50.3 Å². The number of alkyl halides is 3. The summed E-state index contributed by atoms with van der Waals surface area (Å²) in [5.74, 6) is -0.0991. The molecule has 0 saturated carbocycles. The molecule has 1 aromatic heterocycles. The highest BCUT2D eigenvalue weighted by atomic mass is 19.4. The maximum absolute atomic E-state index is 12.9. The molecule has 29 heavy (non-hydrogen) atoms. The van der Waals surface area contributed by atoms with Gasteiger partial charge in [0.1, 0.15) is 5.69 Å². The molecule has 8 heteroatoms. The molecule has 5 nitrogen and oxygen atoms in total. The first-order chi connectivity index (χ1) is 14.0. The highest BCUT2D eigenvalue weighted by Gasteiger charge is 2.32. The molecule has 0 radical (unpaired) electrons. The van der Waals surface area contributed by atoms with Gasteiger partial charge in [-0.3, -0.25) is 0 Å². The van der Waals surface area contributed by atoms with Crippen molar-refractivity contribution in [2.75, 3.05) is 36.5 Å². The maximum atomic E-state index is 12.9. The Morgan fingerprint density at radius 3 is 2.45 bits per heavy atom. The zero-order chi connectivity index (χ0) is 20.3. The Labute approximate surface area is 166 Å². The summed E-state index contributed by atoms with van der Waals surface area (Å²) in [6, 6.07) is 16.4. The molecule has 0 unspecified atom stereocenters. The van der Waals surface area contributed by atoms with Crippen LogP contribution in [0.4, 0.5) is 30.5 Å². The molecule has 0 bridgehead atoms. The Hall–Kier alpha value is -3.13. The summed E-state index contributed by atoms with van der Waals surface area (Å²) >= 11 is 0. The number of nitrogens with zero attached hydrogens (tertiary/aromatic N) is 3. The van der Waals surface area contributed by atoms with Gasteiger partial charge in [-0.1, -0.05) is 30.3 Å². The molecule has 0 amide bonds. The summed E-state index contributed by atoms with van der Waals surface area (Å²) in [4.78, 5) is 9.74. The Balaban J connectivity index is 1.69. The van der Waals surface area contributed by atoms with Gasteiger partial charge in [-0.2, -0.15) is 13.2 Å². The summed E-state index contributed by atoms with van der Waals surface area (Å²) in [7, 11) is 0. The monoisotopic (exact) mass is 400 g/mol. The fraction of sp³-hybridized carbons (Fsp3) is 0.238. The van der Waals surface area contributed by atoms with E-state index in [1.807, 2.05) is 48.5 Å². The molecule has 1 aliphatic rings. The zero-order valence-electron chi connectivity index (χ0n) is 15.5. The largest absolute Gasteiger partial charge is 0.433 e. The minimum atomic E-state index is -4.52. The second-order valence-corrected chi connectivity index (χ2v) is 6.59. The Morgan fingerprint density at radius 1 is 0.966 bits per heavy atom. The number of ether oxygens (including phenoxy) is 1. The molecule has 0 aliphatic carbocycles. The van der Waals surface area contributed by atoms with E-state index in [1.165, 1.54) is 0 Å². The van der Waals surface area contributed by atoms with Crippen molar-refractivity contribution < 1.29 is 17.9 Å². The Bertz CT molecular complexity index is 973. The number of hydrogen-bond acceptors (Lipinski definition) is 5. The van der Waals surface area contributed by atoms with E-state index >= 15 is 0 Å². The fourth-order valence-electron chi connectivity index (χ4n) is 3.25. The second-order valence-electron chi connectivity index (χ2n) is 6.59. The van der Waals surface area contributed by atoms with Crippen molar-refractivity contribution in [1.29, 1.82) is 0 Å². The number of halogens is 3. The van der Waals surface area contributed by atoms with Crippen LogP contribution in [0.2, 0.25) is 0 Å². The molecule has 3 aromatic rings. The van der Waals surface area contributed by atoms with Crippen molar-refractivity contribution in [1.82, 2.24) is 9.97 Å². The number of morpholine rings is 1. The summed E-state index contributed by atoms with van der Waals surface area (Å²) < 4.78 is 44.2. The number of benzene rings is 2. The van der Waals surface area contributed by atoms with E-state index in [2.05, 4.69) is 20.2 Å². The molecule has 1 aliphatic heterocycles. The lowest BCUT2D eigenvalue weighted by molar-refractivity contribution is -0.141. The normalized spacial score (nSPS) is 14.7. The molecule has 0 atom stereocenters. The van der Waals surface area contributed by atoms with Crippen LogP contribution in [0, 0.1) is 0 Å². The number of aromatic nitrogens is 2. The van der Waals surface area contributed by atoms with Crippen LogP contribution >= 0.6 is 0 Å². The van der Waals surface area contributed by atoms with Gasteiger partial charge in [0, 0.05) is 36.2 Å². The molecule has 0 spiro atoms. The molecular weight excluding hydrogens is 381 g/mol. The van der Waals surface area contributed by atoms with Gasteiger partial charge < -0.3 is 15.0 Å². The predicted octanol–water partition coefficient (Wildman–Crippen LogP) is 4.74. The predicted molar refractivity (Wildman–Crippen MR) is 105 cm³/mol. The van der Waals surface area contributed by atoms with Crippen LogP contribution in [0.1, 0.15) is 5.69 Å². The summed E-state index contributed by atoms with van der Waals surface area (Å²) in [5, 5.41) is 2.89. The van der Waals surface area contributed by atoms with Gasteiger partial charge in [-0.25, -0.2) is 9.97 Å². The van der Waals surface area contributed by atoms with E-state index in [9.17, 15) is 13.2 Å². The van der Waals surface area contributed by atoms with Crippen LogP contribution < -0.4 is 10.2 Å². The number of anilines is 3. The van der Waals surface area contributed by atoms with Gasteiger partial charge in [-0.05, 0) is 29.8 Å². The van der Waals surface area contributed by atoms with Crippen molar-refractivity contribution in [2.45, 2.75) is 6.18 Å². The Kier molecular flexibility index (Phi) is 5.35. The van der Waals surface area contributed by atoms with Crippen LogP contribution in [0.15, 0.2) is 60.8 Å². The molecule has 1 fully saturated rings. The van der Waals surface area contributed by atoms with Crippen molar-refractivity contribution in [3.8, 4) is 11.1 Å². The number of nitrogens with one attached hydrogen (secondary N) is 1. The molecule has 150 valence electrons. The average molecular weight is 400 g/mol. The third-order valence-corrected chi connectivity index (χ3v) is 4.64. The van der Waals surface area contributed by atoms with Crippen LogP contribution in [0.3, 0.4) is 0 Å². The van der Waals surface area contributed by atoms with E-state index in [4.69, 9.17) is 4.74 Å². The maximum Gasteiger partial charge on any atom is 0.433 e. The van der Waals surface area contributed by atoms with Crippen molar-refractivity contribution in [3.05, 3.63) is 66.5 Å². The first-order valence-corrected chi connectivity index (χ1v) is 9.20. The standard InChI is InChI=1S/C21H19F3N4O/c22-21(23,24)19-8-9-25-20(27-19)26-16-6-7-18(28-10-12-29-13-11-28)17(14-16)15-4-2-1-3-5-15/h1-9,14H,10-13H2,(H,25,26,27). The molecule has 1 saturated heterocycles. The van der Waals surface area contributed by atoms with Gasteiger partial charge in [0.05, 0.1) is 13.2 Å². The van der Waals surface area contributed by atoms with Crippen LogP contribution in [0.5, 0.6) is 0 Å². The van der Waals surface area contributed by atoms with Gasteiger partial charge in [-0.15, -0.1) is 0 Å². The third-order valence-electron chi connectivity index (χ3n) is 4.64. The lowest BCUT2D eigenvalue weighted by atomic mass is 10.0. The quantitative estimate of drug-likeness (QED) is 0.685. The van der Waals surface area contributed by atoms with Crippen LogP contribution in [-0.2, 0) is 10.9 Å². The minimum Gasteiger partial charge on any atom is -0.378 e. The molecule has 2 heterocycles. The van der Waals surface area contributed by atoms with Crippen molar-refractivity contribution in [2.24, 2.45) is 0 Å². The SMILES string of the molecule is FC(F)(F)c1ccnc(Nc2ccc(N3CCOCC3)c(-c3ccccc3)c2)n1. The smallest absolute Gasteiger partial charge is 0.378 e. The summed E-state index contributed by atoms with van der Waals surface area (Å²) in [6.45, 7) is 2.88. The highest BCUT2D eigenvalue weighted by Crippen LogP contribution is 2.35. The van der Waals surface area contributed by atoms with Gasteiger partial charge >= 0.3 is 6.18 Å². The average Bonchev–Trinajstić information content (AvgIpc) is 2.75. The van der Waals surface area contributed by atoms with E-state index < -0.39 is 11.9 Å². The van der Waals surface area contributed by atoms with Crippen LogP contribution in [0.25, 0.3) is 11.1 Å². The molecule has 1 N–H and O–H groups in total. The summed E-state index contributed by atoms with van der Waals surface area (Å²) in [6.07, 6.45) is -3.42. The van der Waals surface area contributed by atoms with E-state index in [-0.39, 0.29) is 5.95 Å². The molecule has 2 aromatic carbocycles. The fourth-order valence-corrected chi connectivity index (χ4v) is 3.25. The summed E-state index contributed by atoms with van der Waals surface area (Å²) in [5.41, 5.74) is 2.67. The van der Waals surface area contributed by atoms with Crippen LogP contribution in [-0.4, -0.2) is 36.3 Å². The minimum absolute atomic E-state index is 0.0991. The van der Waals surface area contributed by atoms with Crippen molar-refractivity contribution in [3.63, 3.8) is 0 Å². The Morgan fingerprint density at radius 2 is 1.72 bits per heavy atom. The van der Waals surface area contributed by atoms with Gasteiger partial charge in [0.25, 0.3) is 0 Å². The van der Waals surface area contributed by atoms with E-state index in [0.717, 1.165) is 42.2 Å². The first-order valence-electron chi connectivity index (χ1n) is 9.20. The number of rotatable bonds is 4. The van der Waals surface area contributed by atoms with Gasteiger partial charge in [0.15, 0.2) is 0 Å². The van der Waals surface area contributed by atoms with E-state index in [0.29, 0.717) is 18.9 Å². The lowest BCUT2D eigenvalue weighted by Gasteiger charge is -2.31. The second kappa shape index (κ2) is 8.08. The highest BCUT2D eigenvalue weighted by molar-refractivity contribution is 5.82. The van der Waals surface area contributed by atoms with E-state index in [1.54, 1.807) is 0 Å².